The summed E-state index contributed by atoms with van der Waals surface area (Å²) in [4.78, 5) is 7.40. The summed E-state index contributed by atoms with van der Waals surface area (Å²) in [6.45, 7) is 14.3. The maximum absolute atomic E-state index is 4.78. The molecule has 0 unspecified atom stereocenters. The van der Waals surface area contributed by atoms with Gasteiger partial charge in [0.15, 0.2) is 0 Å². The van der Waals surface area contributed by atoms with E-state index < -0.39 is 0 Å². The molecule has 4 heteroatoms. The number of nitrogens with zero attached hydrogens (tertiary/aromatic N) is 2. The first-order chi connectivity index (χ1) is 9.33. The molecule has 1 aliphatic rings. The van der Waals surface area contributed by atoms with Crippen LogP contribution in [0.4, 0.5) is 0 Å². The monoisotopic (exact) mass is 295 g/mol. The van der Waals surface area contributed by atoms with Crippen molar-refractivity contribution in [3.63, 3.8) is 0 Å². The van der Waals surface area contributed by atoms with Gasteiger partial charge in [-0.3, -0.25) is 4.90 Å². The first-order valence-electron chi connectivity index (χ1n) is 7.76. The summed E-state index contributed by atoms with van der Waals surface area (Å²) in [6.07, 6.45) is 2.74. The average molecular weight is 295 g/mol. The first-order valence-corrected chi connectivity index (χ1v) is 8.64. The van der Waals surface area contributed by atoms with E-state index in [4.69, 9.17) is 4.98 Å². The summed E-state index contributed by atoms with van der Waals surface area (Å²) < 4.78 is 0. The van der Waals surface area contributed by atoms with Gasteiger partial charge in [-0.15, -0.1) is 11.3 Å². The summed E-state index contributed by atoms with van der Waals surface area (Å²) >= 11 is 1.78. The van der Waals surface area contributed by atoms with Gasteiger partial charge < -0.3 is 5.32 Å². The second-order valence-corrected chi connectivity index (χ2v) is 8.33. The van der Waals surface area contributed by atoms with Crippen molar-refractivity contribution in [1.29, 1.82) is 0 Å². The summed E-state index contributed by atoms with van der Waals surface area (Å²) in [5.41, 5.74) is 1.40. The van der Waals surface area contributed by atoms with E-state index in [1.54, 1.807) is 11.3 Å². The topological polar surface area (TPSA) is 28.2 Å². The molecule has 0 aliphatic heterocycles. The molecule has 1 aliphatic carbocycles. The zero-order chi connectivity index (χ0) is 14.8. The van der Waals surface area contributed by atoms with Gasteiger partial charge in [0.05, 0.1) is 5.69 Å². The van der Waals surface area contributed by atoms with Gasteiger partial charge in [0.1, 0.15) is 5.01 Å². The highest BCUT2D eigenvalue weighted by Gasteiger charge is 2.29. The van der Waals surface area contributed by atoms with E-state index in [2.05, 4.69) is 50.2 Å². The number of rotatable bonds is 7. The molecule has 0 amide bonds. The molecule has 0 aromatic carbocycles. The van der Waals surface area contributed by atoms with Crippen molar-refractivity contribution in [3.8, 4) is 0 Å². The van der Waals surface area contributed by atoms with Crippen LogP contribution >= 0.6 is 11.3 Å². The lowest BCUT2D eigenvalue weighted by molar-refractivity contribution is 0.224. The largest absolute Gasteiger partial charge is 0.306 e. The Labute approximate surface area is 127 Å². The molecule has 0 radical (unpaired) electrons. The predicted octanol–water partition coefficient (Wildman–Crippen LogP) is 3.65. The van der Waals surface area contributed by atoms with Crippen molar-refractivity contribution in [2.24, 2.45) is 5.92 Å². The van der Waals surface area contributed by atoms with Crippen LogP contribution in [0.1, 0.15) is 58.2 Å². The smallest absolute Gasteiger partial charge is 0.107 e. The van der Waals surface area contributed by atoms with Crippen LogP contribution in [0.15, 0.2) is 5.38 Å². The summed E-state index contributed by atoms with van der Waals surface area (Å²) in [5, 5.41) is 6.94. The highest BCUT2D eigenvalue weighted by Crippen LogP contribution is 2.29. The van der Waals surface area contributed by atoms with Gasteiger partial charge in [0.2, 0.25) is 0 Å². The highest BCUT2D eigenvalue weighted by atomic mass is 32.1. The second-order valence-electron chi connectivity index (χ2n) is 7.39. The first kappa shape index (κ1) is 15.9. The fourth-order valence-corrected chi connectivity index (χ4v) is 3.03. The van der Waals surface area contributed by atoms with Crippen LogP contribution in [0, 0.1) is 5.92 Å². The minimum atomic E-state index is 0.156. The molecule has 0 bridgehead atoms. The van der Waals surface area contributed by atoms with Crippen molar-refractivity contribution in [3.05, 3.63) is 16.1 Å². The third-order valence-electron chi connectivity index (χ3n) is 3.40. The molecule has 1 saturated carbocycles. The normalized spacial score (nSPS) is 16.4. The molecular formula is C16H29N3S. The van der Waals surface area contributed by atoms with Crippen LogP contribution in [0.3, 0.4) is 0 Å². The molecule has 2 rings (SSSR count). The molecule has 3 nitrogen and oxygen atoms in total. The van der Waals surface area contributed by atoms with Gasteiger partial charge in [0.25, 0.3) is 0 Å². The van der Waals surface area contributed by atoms with Crippen molar-refractivity contribution in [2.75, 3.05) is 6.54 Å². The molecule has 1 fully saturated rings. The van der Waals surface area contributed by atoms with Gasteiger partial charge >= 0.3 is 0 Å². The van der Waals surface area contributed by atoms with Crippen LogP contribution in [0.25, 0.3) is 0 Å². The van der Waals surface area contributed by atoms with E-state index >= 15 is 0 Å². The molecule has 0 spiro atoms. The zero-order valence-electron chi connectivity index (χ0n) is 13.6. The Hall–Kier alpha value is -0.450. The molecule has 1 aromatic rings. The standard InChI is InChI=1S/C16H29N3S/c1-12(2)9-19(14-6-7-14)10-13-11-20-15(18-13)8-17-16(3,4)5/h11-12,14,17H,6-10H2,1-5H3. The van der Waals surface area contributed by atoms with Crippen molar-refractivity contribution < 1.29 is 0 Å². The second kappa shape index (κ2) is 6.54. The van der Waals surface area contributed by atoms with E-state index in [9.17, 15) is 0 Å². The minimum absolute atomic E-state index is 0.156. The highest BCUT2D eigenvalue weighted by molar-refractivity contribution is 7.09. The summed E-state index contributed by atoms with van der Waals surface area (Å²) in [6, 6.07) is 0.815. The minimum Gasteiger partial charge on any atom is -0.306 e. The van der Waals surface area contributed by atoms with Gasteiger partial charge in [-0.2, -0.15) is 0 Å². The Kier molecular flexibility index (Phi) is 5.21. The molecule has 20 heavy (non-hydrogen) atoms. The molecule has 0 atom stereocenters. The number of aromatic nitrogens is 1. The lowest BCUT2D eigenvalue weighted by atomic mass is 10.1. The van der Waals surface area contributed by atoms with Crippen LogP contribution in [0.5, 0.6) is 0 Å². The summed E-state index contributed by atoms with van der Waals surface area (Å²) in [7, 11) is 0. The van der Waals surface area contributed by atoms with Crippen molar-refractivity contribution in [1.82, 2.24) is 15.2 Å². The van der Waals surface area contributed by atoms with E-state index in [0.29, 0.717) is 0 Å². The third kappa shape index (κ3) is 5.51. The predicted molar refractivity (Wildman–Crippen MR) is 87.0 cm³/mol. The molecule has 1 aromatic heterocycles. The Balaban J connectivity index is 1.87. The maximum atomic E-state index is 4.78. The van der Waals surface area contributed by atoms with Crippen LogP contribution in [0.2, 0.25) is 0 Å². The van der Waals surface area contributed by atoms with E-state index in [-0.39, 0.29) is 5.54 Å². The Morgan fingerprint density at radius 1 is 1.40 bits per heavy atom. The van der Waals surface area contributed by atoms with E-state index in [0.717, 1.165) is 25.0 Å². The van der Waals surface area contributed by atoms with Gasteiger partial charge in [-0.05, 0) is 39.5 Å². The maximum Gasteiger partial charge on any atom is 0.107 e. The van der Waals surface area contributed by atoms with Crippen LogP contribution in [-0.4, -0.2) is 28.0 Å². The van der Waals surface area contributed by atoms with Gasteiger partial charge in [-0.1, -0.05) is 13.8 Å². The number of hydrogen-bond acceptors (Lipinski definition) is 4. The fraction of sp³-hybridized carbons (Fsp3) is 0.812. The SMILES string of the molecule is CC(C)CN(Cc1csc(CNC(C)(C)C)n1)C1CC1. The molecule has 0 saturated heterocycles. The molecular weight excluding hydrogens is 266 g/mol. The van der Waals surface area contributed by atoms with Crippen LogP contribution < -0.4 is 5.32 Å². The lowest BCUT2D eigenvalue weighted by Gasteiger charge is -2.23. The zero-order valence-corrected chi connectivity index (χ0v) is 14.4. The summed E-state index contributed by atoms with van der Waals surface area (Å²) in [5.74, 6) is 0.733. The van der Waals surface area contributed by atoms with Gasteiger partial charge in [0, 0.05) is 36.6 Å². The molecule has 1 heterocycles. The Morgan fingerprint density at radius 2 is 2.10 bits per heavy atom. The van der Waals surface area contributed by atoms with Crippen molar-refractivity contribution >= 4 is 11.3 Å². The molecule has 114 valence electrons. The Bertz CT molecular complexity index is 416. The number of hydrogen-bond donors (Lipinski definition) is 1. The number of thiazole rings is 1. The van der Waals surface area contributed by atoms with Gasteiger partial charge in [-0.25, -0.2) is 4.98 Å². The van der Waals surface area contributed by atoms with Crippen LogP contribution in [-0.2, 0) is 13.1 Å². The van der Waals surface area contributed by atoms with E-state index in [1.165, 1.54) is 30.1 Å². The Morgan fingerprint density at radius 3 is 2.65 bits per heavy atom. The van der Waals surface area contributed by atoms with E-state index in [1.807, 2.05) is 0 Å². The quantitative estimate of drug-likeness (QED) is 0.832. The fourth-order valence-electron chi connectivity index (χ4n) is 2.30. The third-order valence-corrected chi connectivity index (χ3v) is 4.29. The average Bonchev–Trinajstić information content (AvgIpc) is 3.06. The molecule has 1 N–H and O–H groups in total. The number of nitrogens with one attached hydrogen (secondary N) is 1. The van der Waals surface area contributed by atoms with Crippen molar-refractivity contribution in [2.45, 2.75) is 72.1 Å². The lowest BCUT2D eigenvalue weighted by Crippen LogP contribution is -2.35.